The molecule has 0 radical (unpaired) electrons. The third-order valence-electron chi connectivity index (χ3n) is 10.9. The maximum atomic E-state index is 13.1. The molecule has 2 aromatic rings. The van der Waals surface area contributed by atoms with E-state index in [4.69, 9.17) is 9.47 Å². The van der Waals surface area contributed by atoms with Crippen LogP contribution in [0.3, 0.4) is 0 Å². The Kier molecular flexibility index (Phi) is 22.2. The average molecular weight is 899 g/mol. The predicted molar refractivity (Wildman–Crippen MR) is 259 cm³/mol. The lowest BCUT2D eigenvalue weighted by Crippen LogP contribution is -2.38. The summed E-state index contributed by atoms with van der Waals surface area (Å²) in [6.45, 7) is 31.0. The van der Waals surface area contributed by atoms with Gasteiger partial charge in [0.2, 0.25) is 0 Å². The first-order valence-electron chi connectivity index (χ1n) is 23.5. The first-order valence-corrected chi connectivity index (χ1v) is 23.5. The largest absolute Gasteiger partial charge is 0.465 e. The fourth-order valence-electron chi connectivity index (χ4n) is 7.87. The smallest absolute Gasteiger partial charge is 0.410 e. The lowest BCUT2D eigenvalue weighted by atomic mass is 9.69. The zero-order valence-corrected chi connectivity index (χ0v) is 42.2. The number of carbonyl (C=O) groups is 4. The Morgan fingerprint density at radius 1 is 0.500 bits per heavy atom. The second-order valence-electron chi connectivity index (χ2n) is 21.3. The highest BCUT2D eigenvalue weighted by Crippen LogP contribution is 2.43. The molecule has 0 fully saturated rings. The number of nitrogens with one attached hydrogen (secondary N) is 2. The Hall–Kier alpha value is -4.30. The molecule has 0 saturated heterocycles. The van der Waals surface area contributed by atoms with Crippen LogP contribution in [0.15, 0.2) is 24.3 Å². The van der Waals surface area contributed by atoms with Crippen LogP contribution >= 0.6 is 0 Å². The van der Waals surface area contributed by atoms with Crippen LogP contribution in [0.2, 0.25) is 0 Å². The number of amides is 4. The van der Waals surface area contributed by atoms with Gasteiger partial charge >= 0.3 is 24.4 Å². The van der Waals surface area contributed by atoms with Gasteiger partial charge in [0.15, 0.2) is 0 Å². The maximum Gasteiger partial charge on any atom is 0.410 e. The van der Waals surface area contributed by atoms with E-state index in [1.807, 2.05) is 41.5 Å². The molecule has 0 atom stereocenters. The number of hydrogen-bond donors (Lipinski definition) is 4. The quantitative estimate of drug-likeness (QED) is 0.0746. The second-order valence-corrected chi connectivity index (χ2v) is 21.3. The number of carboxylic acid groups (broad SMARTS) is 2. The van der Waals surface area contributed by atoms with Crippen molar-refractivity contribution in [2.45, 2.75) is 170 Å². The minimum atomic E-state index is -0.957. The van der Waals surface area contributed by atoms with Gasteiger partial charge in [0.25, 0.3) is 0 Å². The molecule has 0 aromatic heterocycles. The summed E-state index contributed by atoms with van der Waals surface area (Å²) in [6, 6.07) is 8.74. The molecule has 0 aliphatic carbocycles. The van der Waals surface area contributed by atoms with E-state index in [0.717, 1.165) is 38.8 Å². The Labute approximate surface area is 385 Å². The van der Waals surface area contributed by atoms with Gasteiger partial charge in [-0.1, -0.05) is 65.8 Å². The van der Waals surface area contributed by atoms with Crippen molar-refractivity contribution in [3.63, 3.8) is 0 Å². The van der Waals surface area contributed by atoms with Gasteiger partial charge in [-0.2, -0.15) is 0 Å². The number of unbranched alkanes of at least 4 members (excludes halogenated alkanes) is 4. The fourth-order valence-corrected chi connectivity index (χ4v) is 7.87. The molecule has 2 rings (SSSR count). The van der Waals surface area contributed by atoms with E-state index in [9.17, 15) is 29.4 Å². The highest BCUT2D eigenvalue weighted by Gasteiger charge is 2.32. The van der Waals surface area contributed by atoms with Crippen LogP contribution in [-0.2, 0) is 33.4 Å². The minimum absolute atomic E-state index is 0.139. The van der Waals surface area contributed by atoms with Crippen LogP contribution in [0.25, 0.3) is 10.8 Å². The summed E-state index contributed by atoms with van der Waals surface area (Å²) >= 11 is 0. The number of benzene rings is 2. The molecule has 364 valence electrons. The fraction of sp³-hybridized carbons (Fsp3) is 0.720. The number of carbonyl (C=O) groups excluding carboxylic acids is 2. The van der Waals surface area contributed by atoms with Gasteiger partial charge in [0, 0.05) is 66.5 Å². The molecule has 0 heterocycles. The first kappa shape index (κ1) is 55.8. The molecule has 64 heavy (non-hydrogen) atoms. The zero-order chi connectivity index (χ0) is 48.5. The van der Waals surface area contributed by atoms with Crippen molar-refractivity contribution in [1.29, 1.82) is 0 Å². The molecule has 4 N–H and O–H groups in total. The normalized spacial score (nSPS) is 12.3. The topological polar surface area (TPSA) is 164 Å². The van der Waals surface area contributed by atoms with E-state index < -0.39 is 23.4 Å². The lowest BCUT2D eigenvalue weighted by molar-refractivity contribution is 0.0232. The van der Waals surface area contributed by atoms with Crippen molar-refractivity contribution in [1.82, 2.24) is 30.2 Å². The average Bonchev–Trinajstić information content (AvgIpc) is 3.16. The highest BCUT2D eigenvalue weighted by atomic mass is 16.6. The molecule has 0 aliphatic heterocycles. The van der Waals surface area contributed by atoms with Gasteiger partial charge in [0.1, 0.15) is 11.2 Å². The van der Waals surface area contributed by atoms with Gasteiger partial charge < -0.3 is 49.9 Å². The molecule has 2 aromatic carbocycles. The molecule has 14 nitrogen and oxygen atoms in total. The Morgan fingerprint density at radius 2 is 0.797 bits per heavy atom. The lowest BCUT2D eigenvalue weighted by Gasteiger charge is -2.36. The summed E-state index contributed by atoms with van der Waals surface area (Å²) in [4.78, 5) is 54.7. The Balaban J connectivity index is 2.20. The van der Waals surface area contributed by atoms with Gasteiger partial charge in [-0.15, -0.1) is 0 Å². The monoisotopic (exact) mass is 899 g/mol. The van der Waals surface area contributed by atoms with Crippen LogP contribution in [0.5, 0.6) is 0 Å². The van der Waals surface area contributed by atoms with Crippen molar-refractivity contribution < 1.29 is 38.9 Å². The van der Waals surface area contributed by atoms with Crippen LogP contribution in [-0.4, -0.2) is 132 Å². The summed E-state index contributed by atoms with van der Waals surface area (Å²) in [5.74, 6) is 0. The van der Waals surface area contributed by atoms with Crippen LogP contribution in [0.1, 0.15) is 157 Å². The van der Waals surface area contributed by atoms with Crippen molar-refractivity contribution in [2.75, 3.05) is 66.5 Å². The summed E-state index contributed by atoms with van der Waals surface area (Å²) in [5.41, 5.74) is 3.88. The van der Waals surface area contributed by atoms with Crippen molar-refractivity contribution in [3.8, 4) is 0 Å². The Morgan fingerprint density at radius 3 is 1.08 bits per heavy atom. The Bertz CT molecular complexity index is 1660. The standard InChI is InChI=1S/C50H86N6O8/c1-47(2,3)41-39(35-51-27-17-19-31-55(45(61)63-49(7,8)9)33-23-21-29-53(13)43(57)58)37-25-15-16-26-38(37)40(42(41)48(4,5)6)36-52-28-18-20-32-56(46(62)64-50(10,11)12)34-24-22-30-54(14)44(59)60/h15-16,25-26,51-52H,17-24,27-36H2,1-14H3,(H,57,58)(H,59,60). The number of ether oxygens (including phenoxy) is 2. The molecule has 4 amide bonds. The van der Waals surface area contributed by atoms with Gasteiger partial charge in [-0.25, -0.2) is 19.2 Å². The van der Waals surface area contributed by atoms with E-state index in [-0.39, 0.29) is 23.0 Å². The van der Waals surface area contributed by atoms with Crippen LogP contribution < -0.4 is 10.6 Å². The third kappa shape index (κ3) is 19.8. The summed E-state index contributed by atoms with van der Waals surface area (Å²) in [7, 11) is 3.11. The number of rotatable bonds is 24. The van der Waals surface area contributed by atoms with Crippen molar-refractivity contribution in [3.05, 3.63) is 46.5 Å². The SMILES string of the molecule is CN(CCCCN(CCCCNCc1c(C(C)(C)C)c(C(C)(C)C)c(CNCCCCN(CCCCN(C)C(=O)O)C(=O)OC(C)(C)C)c2ccccc12)C(=O)OC(C)(C)C)C(=O)O. The molecule has 0 bridgehead atoms. The summed E-state index contributed by atoms with van der Waals surface area (Å²) < 4.78 is 11.4. The van der Waals surface area contributed by atoms with E-state index in [1.165, 1.54) is 42.8 Å². The number of nitrogens with zero attached hydrogens (tertiary/aromatic N) is 4. The number of hydrogen-bond acceptors (Lipinski definition) is 8. The molecule has 14 heteroatoms. The van der Waals surface area contributed by atoms with Gasteiger partial charge in [0.05, 0.1) is 0 Å². The van der Waals surface area contributed by atoms with Gasteiger partial charge in [-0.3, -0.25) is 0 Å². The van der Waals surface area contributed by atoms with Gasteiger partial charge in [-0.05, 0) is 150 Å². The molecular formula is C50H86N6O8. The minimum Gasteiger partial charge on any atom is -0.465 e. The van der Waals surface area contributed by atoms with E-state index in [0.29, 0.717) is 78.0 Å². The molecule has 0 aliphatic rings. The van der Waals surface area contributed by atoms with Crippen molar-refractivity contribution in [2.24, 2.45) is 0 Å². The summed E-state index contributed by atoms with van der Waals surface area (Å²) in [6.07, 6.45) is 3.46. The van der Waals surface area contributed by atoms with Crippen LogP contribution in [0.4, 0.5) is 19.2 Å². The molecular weight excluding hydrogens is 813 g/mol. The summed E-state index contributed by atoms with van der Waals surface area (Å²) in [5, 5.41) is 28.4. The van der Waals surface area contributed by atoms with Crippen LogP contribution in [0, 0.1) is 0 Å². The van der Waals surface area contributed by atoms with E-state index in [2.05, 4.69) is 76.4 Å². The molecule has 0 unspecified atom stereocenters. The van der Waals surface area contributed by atoms with E-state index >= 15 is 0 Å². The predicted octanol–water partition coefficient (Wildman–Crippen LogP) is 10.4. The number of fused-ring (bicyclic) bond motifs is 1. The first-order chi connectivity index (χ1) is 29.6. The zero-order valence-electron chi connectivity index (χ0n) is 42.2. The maximum absolute atomic E-state index is 13.1. The van der Waals surface area contributed by atoms with Crippen molar-refractivity contribution >= 4 is 35.1 Å². The molecule has 0 spiro atoms. The highest BCUT2D eigenvalue weighted by molar-refractivity contribution is 5.92. The molecule has 0 saturated carbocycles. The van der Waals surface area contributed by atoms with E-state index in [1.54, 1.807) is 23.9 Å². The third-order valence-corrected chi connectivity index (χ3v) is 10.9. The second kappa shape index (κ2) is 25.4.